The lowest BCUT2D eigenvalue weighted by Gasteiger charge is -2.31. The minimum atomic E-state index is -0.137. The van der Waals surface area contributed by atoms with Crippen LogP contribution in [0.2, 0.25) is 0 Å². The zero-order valence-electron chi connectivity index (χ0n) is 12.5. The van der Waals surface area contributed by atoms with E-state index in [9.17, 15) is 4.79 Å². The van der Waals surface area contributed by atoms with Crippen LogP contribution in [0.5, 0.6) is 0 Å². The van der Waals surface area contributed by atoms with Gasteiger partial charge in [0.1, 0.15) is 0 Å². The lowest BCUT2D eigenvalue weighted by atomic mass is 9.98. The molecule has 6 nitrogen and oxygen atoms in total. The molecule has 0 aromatic carbocycles. The Hall–Kier alpha value is -2.02. The number of rotatable bonds is 3. The molecule has 0 spiro atoms. The van der Waals surface area contributed by atoms with Gasteiger partial charge in [0, 0.05) is 36.8 Å². The van der Waals surface area contributed by atoms with Crippen molar-refractivity contribution in [1.29, 1.82) is 0 Å². The second kappa shape index (κ2) is 6.39. The zero-order chi connectivity index (χ0) is 15.5. The number of carbonyl (C=O) groups excluding carboxylic acids is 1. The smallest absolute Gasteiger partial charge is 0.276 e. The number of hydrogen-bond donors (Lipinski definition) is 1. The molecule has 2 aromatic rings. The molecule has 0 aliphatic carbocycles. The summed E-state index contributed by atoms with van der Waals surface area (Å²) in [5.74, 6) is 0.362. The Bertz CT molecular complexity index is 671. The molecule has 0 saturated carbocycles. The highest BCUT2D eigenvalue weighted by Crippen LogP contribution is 2.30. The minimum absolute atomic E-state index is 0.137. The van der Waals surface area contributed by atoms with Crippen molar-refractivity contribution in [2.75, 3.05) is 18.8 Å². The van der Waals surface area contributed by atoms with E-state index in [2.05, 4.69) is 27.3 Å². The second-order valence-electron chi connectivity index (χ2n) is 5.41. The van der Waals surface area contributed by atoms with E-state index in [1.54, 1.807) is 11.3 Å². The highest BCUT2D eigenvalue weighted by molar-refractivity contribution is 7.09. The van der Waals surface area contributed by atoms with Crippen molar-refractivity contribution in [2.24, 2.45) is 0 Å². The number of anilines is 1. The molecule has 1 fully saturated rings. The van der Waals surface area contributed by atoms with Crippen LogP contribution in [-0.2, 0) is 6.42 Å². The largest absolute Gasteiger partial charge is 0.382 e. The fraction of sp³-hybridized carbons (Fsp3) is 0.467. The van der Waals surface area contributed by atoms with Crippen LogP contribution in [-0.4, -0.2) is 38.8 Å². The van der Waals surface area contributed by atoms with E-state index < -0.39 is 0 Å². The SMILES string of the molecule is CCc1csc([C@@H]2CCCN(C(=O)c3nccnc3N)C2)n1. The zero-order valence-corrected chi connectivity index (χ0v) is 13.3. The molecular weight excluding hydrogens is 298 g/mol. The maximum absolute atomic E-state index is 12.6. The monoisotopic (exact) mass is 317 g/mol. The molecule has 0 unspecified atom stereocenters. The average Bonchev–Trinajstić information content (AvgIpc) is 3.04. The third-order valence-corrected chi connectivity index (χ3v) is 4.97. The van der Waals surface area contributed by atoms with Gasteiger partial charge in [-0.2, -0.15) is 0 Å². The molecule has 7 heteroatoms. The van der Waals surface area contributed by atoms with Crippen LogP contribution in [0.25, 0.3) is 0 Å². The van der Waals surface area contributed by atoms with Crippen LogP contribution >= 0.6 is 11.3 Å². The van der Waals surface area contributed by atoms with Crippen LogP contribution < -0.4 is 5.73 Å². The quantitative estimate of drug-likeness (QED) is 0.937. The molecule has 1 aliphatic rings. The summed E-state index contributed by atoms with van der Waals surface area (Å²) >= 11 is 1.69. The molecule has 2 aromatic heterocycles. The third-order valence-electron chi connectivity index (χ3n) is 3.92. The maximum Gasteiger partial charge on any atom is 0.276 e. The highest BCUT2D eigenvalue weighted by Gasteiger charge is 2.28. The van der Waals surface area contributed by atoms with Crippen molar-refractivity contribution in [3.05, 3.63) is 34.2 Å². The lowest BCUT2D eigenvalue weighted by Crippen LogP contribution is -2.39. The summed E-state index contributed by atoms with van der Waals surface area (Å²) in [4.78, 5) is 27.1. The van der Waals surface area contributed by atoms with E-state index in [4.69, 9.17) is 5.73 Å². The van der Waals surface area contributed by atoms with Crippen molar-refractivity contribution in [2.45, 2.75) is 32.1 Å². The van der Waals surface area contributed by atoms with E-state index in [1.165, 1.54) is 12.4 Å². The van der Waals surface area contributed by atoms with E-state index in [0.717, 1.165) is 36.5 Å². The van der Waals surface area contributed by atoms with Crippen LogP contribution in [0.4, 0.5) is 5.82 Å². The fourth-order valence-corrected chi connectivity index (χ4v) is 3.73. The standard InChI is InChI=1S/C15H19N5OS/c1-2-11-9-22-14(19-11)10-4-3-7-20(8-10)15(21)12-13(16)18-6-5-17-12/h5-6,9-10H,2-4,7-8H2,1H3,(H2,16,18)/t10-/m1/s1. The maximum atomic E-state index is 12.6. The number of nitrogens with zero attached hydrogens (tertiary/aromatic N) is 4. The predicted octanol–water partition coefficient (Wildman–Crippen LogP) is 2.10. The first-order valence-electron chi connectivity index (χ1n) is 7.49. The molecule has 2 N–H and O–H groups in total. The van der Waals surface area contributed by atoms with Gasteiger partial charge < -0.3 is 10.6 Å². The van der Waals surface area contributed by atoms with Gasteiger partial charge in [0.2, 0.25) is 0 Å². The lowest BCUT2D eigenvalue weighted by molar-refractivity contribution is 0.0702. The Morgan fingerprint density at radius 1 is 1.45 bits per heavy atom. The topological polar surface area (TPSA) is 85.0 Å². The highest BCUT2D eigenvalue weighted by atomic mass is 32.1. The van der Waals surface area contributed by atoms with E-state index in [0.29, 0.717) is 12.5 Å². The number of hydrogen-bond acceptors (Lipinski definition) is 6. The molecule has 1 saturated heterocycles. The number of thiazole rings is 1. The van der Waals surface area contributed by atoms with Crippen LogP contribution in [0, 0.1) is 0 Å². The number of likely N-dealkylation sites (tertiary alicyclic amines) is 1. The van der Waals surface area contributed by atoms with Crippen molar-refractivity contribution in [3.8, 4) is 0 Å². The van der Waals surface area contributed by atoms with Gasteiger partial charge >= 0.3 is 0 Å². The van der Waals surface area contributed by atoms with E-state index in [1.807, 2.05) is 4.90 Å². The summed E-state index contributed by atoms with van der Waals surface area (Å²) in [6.45, 7) is 3.51. The van der Waals surface area contributed by atoms with Crippen molar-refractivity contribution < 1.29 is 4.79 Å². The number of carbonyl (C=O) groups is 1. The first-order chi connectivity index (χ1) is 10.7. The van der Waals surface area contributed by atoms with Crippen molar-refractivity contribution in [3.63, 3.8) is 0 Å². The molecule has 1 aliphatic heterocycles. The van der Waals surface area contributed by atoms with Gasteiger partial charge in [0.15, 0.2) is 11.5 Å². The Morgan fingerprint density at radius 2 is 2.27 bits per heavy atom. The van der Waals surface area contributed by atoms with E-state index in [-0.39, 0.29) is 17.4 Å². The van der Waals surface area contributed by atoms with Gasteiger partial charge in [0.05, 0.1) is 10.7 Å². The molecule has 1 atom stereocenters. The predicted molar refractivity (Wildman–Crippen MR) is 85.8 cm³/mol. The van der Waals surface area contributed by atoms with Gasteiger partial charge in [-0.05, 0) is 19.3 Å². The summed E-state index contributed by atoms with van der Waals surface area (Å²) in [5.41, 5.74) is 7.14. The first-order valence-corrected chi connectivity index (χ1v) is 8.37. The van der Waals surface area contributed by atoms with Gasteiger partial charge in [0.25, 0.3) is 5.91 Å². The molecule has 22 heavy (non-hydrogen) atoms. The Balaban J connectivity index is 1.75. The van der Waals surface area contributed by atoms with Crippen LogP contribution in [0.3, 0.4) is 0 Å². The first kappa shape index (κ1) is 14.9. The number of piperidine rings is 1. The van der Waals surface area contributed by atoms with Crippen LogP contribution in [0.15, 0.2) is 17.8 Å². The fourth-order valence-electron chi connectivity index (χ4n) is 2.70. The van der Waals surface area contributed by atoms with Gasteiger partial charge in [-0.25, -0.2) is 15.0 Å². The summed E-state index contributed by atoms with van der Waals surface area (Å²) in [6.07, 6.45) is 5.97. The Labute approximate surface area is 133 Å². The van der Waals surface area contributed by atoms with Crippen molar-refractivity contribution in [1.82, 2.24) is 19.9 Å². The van der Waals surface area contributed by atoms with Gasteiger partial charge in [-0.3, -0.25) is 4.79 Å². The Kier molecular flexibility index (Phi) is 4.33. The number of nitrogens with two attached hydrogens (primary N) is 1. The molecule has 3 heterocycles. The minimum Gasteiger partial charge on any atom is -0.382 e. The number of nitrogen functional groups attached to an aromatic ring is 1. The molecule has 116 valence electrons. The molecule has 3 rings (SSSR count). The molecule has 1 amide bonds. The molecular formula is C15H19N5OS. The van der Waals surface area contributed by atoms with Crippen molar-refractivity contribution >= 4 is 23.1 Å². The summed E-state index contributed by atoms with van der Waals surface area (Å²) in [6, 6.07) is 0. The third kappa shape index (κ3) is 2.94. The number of amides is 1. The summed E-state index contributed by atoms with van der Waals surface area (Å²) < 4.78 is 0. The molecule has 0 radical (unpaired) electrons. The second-order valence-corrected chi connectivity index (χ2v) is 6.30. The normalized spacial score (nSPS) is 18.4. The Morgan fingerprint density at radius 3 is 3.00 bits per heavy atom. The number of aryl methyl sites for hydroxylation is 1. The van der Waals surface area contributed by atoms with Gasteiger partial charge in [-0.1, -0.05) is 6.92 Å². The average molecular weight is 317 g/mol. The van der Waals surface area contributed by atoms with Gasteiger partial charge in [-0.15, -0.1) is 11.3 Å². The summed E-state index contributed by atoms with van der Waals surface area (Å²) in [5, 5.41) is 3.23. The van der Waals surface area contributed by atoms with E-state index >= 15 is 0 Å². The number of aromatic nitrogens is 3. The van der Waals surface area contributed by atoms with Crippen LogP contribution in [0.1, 0.15) is 46.9 Å². The molecule has 0 bridgehead atoms. The summed E-state index contributed by atoms with van der Waals surface area (Å²) in [7, 11) is 0.